The molecule has 2 aliphatic rings. The lowest BCUT2D eigenvalue weighted by Crippen LogP contribution is -2.67. The molecule has 2 saturated heterocycles. The van der Waals surface area contributed by atoms with Crippen molar-refractivity contribution in [1.29, 1.82) is 0 Å². The van der Waals surface area contributed by atoms with Gasteiger partial charge in [-0.2, -0.15) is 0 Å². The normalized spacial score (nSPS) is 26.3. The van der Waals surface area contributed by atoms with Crippen molar-refractivity contribution in [2.45, 2.75) is 120 Å². The van der Waals surface area contributed by atoms with Crippen molar-refractivity contribution >= 4 is 61.6 Å². The Balaban J connectivity index is 1.81. The van der Waals surface area contributed by atoms with Crippen LogP contribution in [0.2, 0.25) is 0 Å². The summed E-state index contributed by atoms with van der Waals surface area (Å²) in [4.78, 5) is 86.3. The molecule has 1 aromatic carbocycles. The summed E-state index contributed by atoms with van der Waals surface area (Å²) in [5.74, 6) is -7.81. The first-order valence-electron chi connectivity index (χ1n) is 18.2. The van der Waals surface area contributed by atoms with E-state index in [-0.39, 0.29) is 16.3 Å². The minimum absolute atomic E-state index is 0.206. The zero-order valence-corrected chi connectivity index (χ0v) is 35.7. The number of aromatic nitrogens is 3. The third kappa shape index (κ3) is 13.2. The van der Waals surface area contributed by atoms with Crippen LogP contribution in [-0.2, 0) is 107 Å². The Morgan fingerprint density at radius 3 is 1.55 bits per heavy atom. The molecule has 342 valence electrons. The van der Waals surface area contributed by atoms with Crippen LogP contribution in [0, 0.1) is 0 Å². The van der Waals surface area contributed by atoms with E-state index in [0.717, 1.165) is 53.1 Å². The summed E-state index contributed by atoms with van der Waals surface area (Å²) in [6.07, 6.45) is -15.3. The first-order chi connectivity index (χ1) is 28.9. The van der Waals surface area contributed by atoms with E-state index < -0.39 is 141 Å². The summed E-state index contributed by atoms with van der Waals surface area (Å²) in [7, 11) is -8.80. The van der Waals surface area contributed by atoms with Crippen molar-refractivity contribution in [2.24, 2.45) is 5.14 Å². The lowest BCUT2D eigenvalue weighted by atomic mass is 9.96. The molecule has 0 saturated carbocycles. The molecule has 2 fully saturated rings. The maximum atomic E-state index is 14.3. The van der Waals surface area contributed by atoms with E-state index in [1.54, 1.807) is 0 Å². The molecule has 2 aromatic rings. The molecule has 0 bridgehead atoms. The second-order valence-corrected chi connectivity index (χ2v) is 17.3. The molecule has 62 heavy (non-hydrogen) atoms. The first-order valence-corrected chi connectivity index (χ1v) is 21.5. The van der Waals surface area contributed by atoms with Gasteiger partial charge < -0.3 is 47.4 Å². The van der Waals surface area contributed by atoms with Crippen molar-refractivity contribution in [3.8, 4) is 5.69 Å². The Kier molecular flexibility index (Phi) is 16.2. The minimum atomic E-state index is -4.77. The van der Waals surface area contributed by atoms with Crippen LogP contribution in [0.25, 0.3) is 5.69 Å². The van der Waals surface area contributed by atoms with E-state index in [1.807, 2.05) is 0 Å². The van der Waals surface area contributed by atoms with Gasteiger partial charge in [0.2, 0.25) is 10.0 Å². The highest BCUT2D eigenvalue weighted by molar-refractivity contribution is 7.91. The van der Waals surface area contributed by atoms with E-state index in [9.17, 15) is 50.4 Å². The summed E-state index contributed by atoms with van der Waals surface area (Å²) >= 11 is 0. The van der Waals surface area contributed by atoms with E-state index in [0.29, 0.717) is 0 Å². The number of sulfone groups is 1. The van der Waals surface area contributed by atoms with E-state index in [2.05, 4.69) is 10.3 Å². The van der Waals surface area contributed by atoms with Crippen molar-refractivity contribution in [1.82, 2.24) is 15.0 Å². The largest absolute Gasteiger partial charge is 0.463 e. The van der Waals surface area contributed by atoms with Gasteiger partial charge in [0, 0.05) is 48.5 Å². The number of esters is 7. The van der Waals surface area contributed by atoms with Gasteiger partial charge in [-0.1, -0.05) is 5.21 Å². The topological polar surface area (TPSA) is 337 Å². The van der Waals surface area contributed by atoms with Gasteiger partial charge >= 0.3 is 41.8 Å². The van der Waals surface area contributed by atoms with Crippen molar-refractivity contribution in [3.63, 3.8) is 0 Å². The van der Waals surface area contributed by atoms with Crippen LogP contribution in [-0.4, -0.2) is 147 Å². The maximum Gasteiger partial charge on any atom is 0.303 e. The second-order valence-electron chi connectivity index (χ2n) is 13.7. The quantitative estimate of drug-likeness (QED) is 0.147. The van der Waals surface area contributed by atoms with Crippen molar-refractivity contribution in [2.75, 3.05) is 13.2 Å². The maximum absolute atomic E-state index is 14.3. The number of hydrogen-bond donors (Lipinski definition) is 1. The molecule has 2 N–H and O–H groups in total. The molecule has 10 atom stereocenters. The van der Waals surface area contributed by atoms with Gasteiger partial charge in [-0.05, 0) is 24.3 Å². The zero-order valence-electron chi connectivity index (χ0n) is 34.1. The SMILES string of the molecule is CC(=O)OC[C@@H]1OC(O[C@H]2[C@@H](OC(C)=O)[C@H](OC(C)=O)C(S(=O)(=O)Cc3cn(-c4ccc(S(N)(=O)=O)cc4)nn3)O[C@H]2COC(C)=O)[C@@H](OC(C)=O)[C@H](OC(C)=O)[C@@H]1OC(C)=O. The number of ether oxygens (including phenoxy) is 10. The number of primary sulfonamides is 1. The molecule has 0 amide bonds. The van der Waals surface area contributed by atoms with Crippen LogP contribution >= 0.6 is 0 Å². The number of rotatable bonds is 16. The molecule has 0 radical (unpaired) electrons. The summed E-state index contributed by atoms with van der Waals surface area (Å²) in [6, 6.07) is 5.01. The summed E-state index contributed by atoms with van der Waals surface area (Å²) in [6.45, 7) is 5.30. The lowest BCUT2D eigenvalue weighted by molar-refractivity contribution is -0.341. The molecule has 2 aliphatic heterocycles. The van der Waals surface area contributed by atoms with Gasteiger partial charge in [0.15, 0.2) is 52.1 Å². The van der Waals surface area contributed by atoms with Gasteiger partial charge in [-0.25, -0.2) is 26.7 Å². The standard InChI is InChI=1S/C35H44N4O21S2/c1-16(40)51-13-26-28(53-18(3)42)30(54-19(4)43)32(56-21(6)45)34(58-26)60-29-27(14-52-17(2)41)59-35(33(57-22(7)46)31(29)55-20(5)44)61(47,48)15-23-12-39(38-37-23)24-8-10-25(11-9-24)62(36,49)50/h8-12,26-35H,13-15H2,1-7H3,(H2,36,49,50)/t26-,27-,28+,29+,30+,31+,32-,33-,34?,35?/m0/s1. The number of sulfonamides is 1. The molecule has 25 nitrogen and oxygen atoms in total. The average Bonchev–Trinajstić information content (AvgIpc) is 3.60. The molecule has 3 heterocycles. The molecular weight excluding hydrogens is 877 g/mol. The zero-order chi connectivity index (χ0) is 46.3. The van der Waals surface area contributed by atoms with Gasteiger partial charge in [0.1, 0.15) is 31.5 Å². The highest BCUT2D eigenvalue weighted by Crippen LogP contribution is 2.37. The van der Waals surface area contributed by atoms with Crippen LogP contribution in [0.1, 0.15) is 54.2 Å². The molecule has 0 spiro atoms. The fourth-order valence-electron chi connectivity index (χ4n) is 6.33. The third-order valence-corrected chi connectivity index (χ3v) is 11.3. The predicted molar refractivity (Wildman–Crippen MR) is 199 cm³/mol. The summed E-state index contributed by atoms with van der Waals surface area (Å²) in [5.41, 5.74) is -2.19. The monoisotopic (exact) mass is 920 g/mol. The first kappa shape index (κ1) is 49.0. The van der Waals surface area contributed by atoms with Crippen LogP contribution in [0.4, 0.5) is 0 Å². The molecule has 1 aromatic heterocycles. The van der Waals surface area contributed by atoms with Crippen molar-refractivity contribution < 1.29 is 97.8 Å². The number of benzene rings is 1. The Labute approximate surface area is 353 Å². The summed E-state index contributed by atoms with van der Waals surface area (Å²) < 4.78 is 109. The van der Waals surface area contributed by atoms with Crippen LogP contribution in [0.3, 0.4) is 0 Å². The number of nitrogens with zero attached hydrogens (tertiary/aromatic N) is 3. The Bertz CT molecular complexity index is 2230. The molecule has 27 heteroatoms. The molecule has 0 aliphatic carbocycles. The fourth-order valence-corrected chi connectivity index (χ4v) is 8.48. The molecule has 4 rings (SSSR count). The number of carbonyl (C=O) groups excluding carboxylic acids is 7. The van der Waals surface area contributed by atoms with Gasteiger partial charge in [0.25, 0.3) is 0 Å². The second kappa shape index (κ2) is 20.5. The molecular formula is C35H44N4O21S2. The van der Waals surface area contributed by atoms with Crippen LogP contribution in [0.15, 0.2) is 35.4 Å². The van der Waals surface area contributed by atoms with Crippen LogP contribution < -0.4 is 5.14 Å². The smallest absolute Gasteiger partial charge is 0.303 e. The van der Waals surface area contributed by atoms with E-state index in [1.165, 1.54) is 30.5 Å². The number of nitrogens with two attached hydrogens (primary N) is 1. The predicted octanol–water partition coefficient (Wildman–Crippen LogP) is -1.55. The molecule has 2 unspecified atom stereocenters. The number of hydrogen-bond acceptors (Lipinski definition) is 23. The lowest BCUT2D eigenvalue weighted by Gasteiger charge is -2.48. The highest BCUT2D eigenvalue weighted by Gasteiger charge is 2.59. The average molecular weight is 921 g/mol. The number of carbonyl (C=O) groups is 7. The summed E-state index contributed by atoms with van der Waals surface area (Å²) in [5, 5.41) is 12.9. The Morgan fingerprint density at radius 2 is 1.06 bits per heavy atom. The van der Waals surface area contributed by atoms with Gasteiger partial charge in [0.05, 0.1) is 28.2 Å². The minimum Gasteiger partial charge on any atom is -0.463 e. The Morgan fingerprint density at radius 1 is 0.613 bits per heavy atom. The van der Waals surface area contributed by atoms with E-state index >= 15 is 0 Å². The Hall–Kier alpha value is -5.61. The third-order valence-electron chi connectivity index (χ3n) is 8.56. The fraction of sp³-hybridized carbons (Fsp3) is 0.571. The van der Waals surface area contributed by atoms with Gasteiger partial charge in [-0.3, -0.25) is 33.6 Å². The highest BCUT2D eigenvalue weighted by atomic mass is 32.2. The van der Waals surface area contributed by atoms with Crippen molar-refractivity contribution in [3.05, 3.63) is 36.2 Å². The van der Waals surface area contributed by atoms with E-state index in [4.69, 9.17) is 52.5 Å². The van der Waals surface area contributed by atoms with Gasteiger partial charge in [-0.15, -0.1) is 5.10 Å². The van der Waals surface area contributed by atoms with Crippen LogP contribution in [0.5, 0.6) is 0 Å².